The van der Waals surface area contributed by atoms with E-state index in [4.69, 9.17) is 14.1 Å². The lowest BCUT2D eigenvalue weighted by atomic mass is 10.1. The summed E-state index contributed by atoms with van der Waals surface area (Å²) in [5.41, 5.74) is 1.22. The molecule has 0 saturated carbocycles. The molecule has 28 heavy (non-hydrogen) atoms. The second-order valence-corrected chi connectivity index (χ2v) is 6.81. The Morgan fingerprint density at radius 2 is 2.14 bits per heavy atom. The Kier molecular flexibility index (Phi) is 10.1. The summed E-state index contributed by atoms with van der Waals surface area (Å²) in [6.07, 6.45) is 5.50. The molecule has 1 aromatic heterocycles. The molecule has 0 aliphatic carbocycles. The van der Waals surface area contributed by atoms with Crippen LogP contribution in [0.25, 0.3) is 0 Å². The molecule has 1 atom stereocenters. The van der Waals surface area contributed by atoms with E-state index in [1.165, 1.54) is 5.56 Å². The molecule has 2 aromatic rings. The van der Waals surface area contributed by atoms with Gasteiger partial charge < -0.3 is 19.4 Å². The number of rotatable bonds is 9. The third kappa shape index (κ3) is 7.31. The van der Waals surface area contributed by atoms with Crippen molar-refractivity contribution < 1.29 is 9.15 Å². The van der Waals surface area contributed by atoms with Crippen molar-refractivity contribution in [2.45, 2.75) is 19.4 Å². The van der Waals surface area contributed by atoms with Gasteiger partial charge in [0.1, 0.15) is 5.76 Å². The first-order chi connectivity index (χ1) is 13.3. The van der Waals surface area contributed by atoms with Crippen molar-refractivity contribution in [3.8, 4) is 0 Å². The van der Waals surface area contributed by atoms with Gasteiger partial charge in [0.25, 0.3) is 0 Å². The molecule has 1 unspecified atom stereocenters. The maximum Gasteiger partial charge on any atom is 0.194 e. The number of hydrogen-bond donors (Lipinski definition) is 1. The summed E-state index contributed by atoms with van der Waals surface area (Å²) < 4.78 is 11.3. The molecule has 0 radical (unpaired) electrons. The van der Waals surface area contributed by atoms with Gasteiger partial charge in [0.2, 0.25) is 0 Å². The Bertz CT molecular complexity index is 704. The Hall–Kier alpha value is -1.80. The molecule has 1 aromatic carbocycles. The van der Waals surface area contributed by atoms with Crippen LogP contribution in [0.15, 0.2) is 70.8 Å². The van der Waals surface area contributed by atoms with Gasteiger partial charge in [-0.15, -0.1) is 30.6 Å². The zero-order valence-corrected chi connectivity index (χ0v) is 18.6. The molecule has 1 N–H and O–H groups in total. The van der Waals surface area contributed by atoms with Gasteiger partial charge >= 0.3 is 0 Å². The summed E-state index contributed by atoms with van der Waals surface area (Å²) in [6, 6.07) is 14.2. The smallest absolute Gasteiger partial charge is 0.194 e. The van der Waals surface area contributed by atoms with Crippen LogP contribution in [0, 0.1) is 5.92 Å². The van der Waals surface area contributed by atoms with Crippen LogP contribution in [-0.2, 0) is 17.8 Å². The zero-order chi connectivity index (χ0) is 18.7. The first-order valence-electron chi connectivity index (χ1n) is 9.63. The highest BCUT2D eigenvalue weighted by Gasteiger charge is 2.25. The fraction of sp³-hybridized carbons (Fsp3) is 0.409. The number of guanidine groups is 1. The summed E-state index contributed by atoms with van der Waals surface area (Å²) in [5, 5.41) is 3.38. The van der Waals surface area contributed by atoms with Crippen LogP contribution < -0.4 is 5.32 Å². The van der Waals surface area contributed by atoms with E-state index in [1.54, 1.807) is 6.26 Å². The minimum atomic E-state index is 0. The number of likely N-dealkylation sites (tertiary alicyclic amines) is 1. The highest BCUT2D eigenvalue weighted by atomic mass is 127. The van der Waals surface area contributed by atoms with Crippen molar-refractivity contribution in [2.75, 3.05) is 32.8 Å². The lowest BCUT2D eigenvalue weighted by Gasteiger charge is -2.21. The van der Waals surface area contributed by atoms with E-state index in [2.05, 4.69) is 28.9 Å². The SMILES string of the molecule is C=CCNC(=NCCc1ccco1)N1CCC(COCc2ccccc2)C1.I. The highest BCUT2D eigenvalue weighted by Crippen LogP contribution is 2.17. The molecule has 0 amide bonds. The standard InChI is InChI=1S/C22H29N3O2.HI/c1-2-12-23-22(24-13-10-21-9-6-15-27-21)25-14-11-20(16-25)18-26-17-19-7-4-3-5-8-19;/h2-9,15,20H,1,10-14,16-18H2,(H,23,24);1H. The van der Waals surface area contributed by atoms with Crippen LogP contribution in [-0.4, -0.2) is 43.6 Å². The molecule has 2 heterocycles. The maximum atomic E-state index is 5.93. The summed E-state index contributed by atoms with van der Waals surface area (Å²) in [4.78, 5) is 7.08. The Labute approximate surface area is 184 Å². The fourth-order valence-corrected chi connectivity index (χ4v) is 3.24. The number of halogens is 1. The maximum absolute atomic E-state index is 5.93. The van der Waals surface area contributed by atoms with E-state index in [0.717, 1.165) is 44.3 Å². The van der Waals surface area contributed by atoms with Crippen molar-refractivity contribution in [1.82, 2.24) is 10.2 Å². The number of furan rings is 1. The van der Waals surface area contributed by atoms with Crippen LogP contribution in [0.5, 0.6) is 0 Å². The molecule has 0 spiro atoms. The highest BCUT2D eigenvalue weighted by molar-refractivity contribution is 14.0. The van der Waals surface area contributed by atoms with Crippen LogP contribution in [0.4, 0.5) is 0 Å². The first kappa shape index (κ1) is 22.5. The van der Waals surface area contributed by atoms with Crippen molar-refractivity contribution in [3.05, 3.63) is 72.7 Å². The average Bonchev–Trinajstić information content (AvgIpc) is 3.37. The molecular weight excluding hydrogens is 465 g/mol. The van der Waals surface area contributed by atoms with Gasteiger partial charge in [0, 0.05) is 38.5 Å². The van der Waals surface area contributed by atoms with Crippen molar-refractivity contribution >= 4 is 29.9 Å². The Balaban J connectivity index is 0.00000280. The summed E-state index contributed by atoms with van der Waals surface area (Å²) in [7, 11) is 0. The predicted molar refractivity (Wildman–Crippen MR) is 124 cm³/mol. The van der Waals surface area contributed by atoms with Crippen LogP contribution in [0.3, 0.4) is 0 Å². The van der Waals surface area contributed by atoms with E-state index in [0.29, 0.717) is 25.6 Å². The van der Waals surface area contributed by atoms with Crippen molar-refractivity contribution in [2.24, 2.45) is 10.9 Å². The van der Waals surface area contributed by atoms with E-state index in [-0.39, 0.29) is 24.0 Å². The van der Waals surface area contributed by atoms with E-state index < -0.39 is 0 Å². The second-order valence-electron chi connectivity index (χ2n) is 6.81. The summed E-state index contributed by atoms with van der Waals surface area (Å²) in [6.45, 7) is 8.65. The molecule has 3 rings (SSSR count). The topological polar surface area (TPSA) is 50.0 Å². The van der Waals surface area contributed by atoms with Gasteiger partial charge in [-0.2, -0.15) is 0 Å². The largest absolute Gasteiger partial charge is 0.469 e. The van der Waals surface area contributed by atoms with Gasteiger partial charge in [-0.25, -0.2) is 0 Å². The van der Waals surface area contributed by atoms with E-state index in [1.807, 2.05) is 36.4 Å². The fourth-order valence-electron chi connectivity index (χ4n) is 3.24. The Morgan fingerprint density at radius 1 is 1.29 bits per heavy atom. The predicted octanol–water partition coefficient (Wildman–Crippen LogP) is 4.11. The van der Waals surface area contributed by atoms with Gasteiger partial charge in [0.15, 0.2) is 5.96 Å². The second kappa shape index (κ2) is 12.6. The van der Waals surface area contributed by atoms with Gasteiger partial charge in [0.05, 0.1) is 19.5 Å². The normalized spacial score (nSPS) is 16.6. The summed E-state index contributed by atoms with van der Waals surface area (Å²) in [5.74, 6) is 2.46. The molecule has 1 aliphatic heterocycles. The van der Waals surface area contributed by atoms with E-state index in [9.17, 15) is 0 Å². The number of aliphatic imine (C=N–C) groups is 1. The van der Waals surface area contributed by atoms with Crippen LogP contribution in [0.2, 0.25) is 0 Å². The number of ether oxygens (including phenoxy) is 1. The number of nitrogens with zero attached hydrogens (tertiary/aromatic N) is 2. The molecule has 1 fully saturated rings. The third-order valence-electron chi connectivity index (χ3n) is 4.65. The minimum absolute atomic E-state index is 0. The zero-order valence-electron chi connectivity index (χ0n) is 16.3. The first-order valence-corrected chi connectivity index (χ1v) is 9.63. The van der Waals surface area contributed by atoms with Gasteiger partial charge in [-0.05, 0) is 24.1 Å². The molecule has 152 valence electrons. The molecular formula is C22H30IN3O2. The molecule has 0 bridgehead atoms. The van der Waals surface area contributed by atoms with Gasteiger partial charge in [-0.3, -0.25) is 4.99 Å². The van der Waals surface area contributed by atoms with Crippen LogP contribution >= 0.6 is 24.0 Å². The van der Waals surface area contributed by atoms with Crippen molar-refractivity contribution in [3.63, 3.8) is 0 Å². The number of hydrogen-bond acceptors (Lipinski definition) is 3. The van der Waals surface area contributed by atoms with E-state index >= 15 is 0 Å². The molecule has 6 heteroatoms. The monoisotopic (exact) mass is 495 g/mol. The van der Waals surface area contributed by atoms with Gasteiger partial charge in [-0.1, -0.05) is 36.4 Å². The molecule has 5 nitrogen and oxygen atoms in total. The number of nitrogens with one attached hydrogen (secondary N) is 1. The summed E-state index contributed by atoms with van der Waals surface area (Å²) >= 11 is 0. The molecule has 1 aliphatic rings. The molecule has 1 saturated heterocycles. The lowest BCUT2D eigenvalue weighted by molar-refractivity contribution is 0.0907. The Morgan fingerprint density at radius 3 is 2.89 bits per heavy atom. The lowest BCUT2D eigenvalue weighted by Crippen LogP contribution is -2.40. The third-order valence-corrected chi connectivity index (χ3v) is 4.65. The quantitative estimate of drug-likeness (QED) is 0.246. The minimum Gasteiger partial charge on any atom is -0.469 e. The van der Waals surface area contributed by atoms with Crippen molar-refractivity contribution in [1.29, 1.82) is 0 Å². The number of benzene rings is 1. The van der Waals surface area contributed by atoms with Crippen LogP contribution in [0.1, 0.15) is 17.7 Å². The average molecular weight is 495 g/mol.